The Morgan fingerprint density at radius 3 is 2.16 bits per heavy atom. The fraction of sp³-hybridized carbons (Fsp3) is 0. The van der Waals surface area contributed by atoms with Crippen molar-refractivity contribution in [2.45, 2.75) is 0 Å². The molecule has 1 aromatic heterocycles. The number of carbonyl (C=O) groups is 2. The third kappa shape index (κ3) is 1.76. The molecular weight excluding hydrogens is 246 g/mol. The molecule has 0 saturated heterocycles. The monoisotopic (exact) mass is 255 g/mol. The Bertz CT molecular complexity index is 675. The van der Waals surface area contributed by atoms with Crippen molar-refractivity contribution in [2.24, 2.45) is 0 Å². The molecule has 0 aliphatic heterocycles. The average Bonchev–Trinajstić information content (AvgIpc) is 2.99. The summed E-state index contributed by atoms with van der Waals surface area (Å²) in [5.41, 5.74) is 2.73. The Morgan fingerprint density at radius 2 is 1.63 bits per heavy atom. The highest BCUT2D eigenvalue weighted by molar-refractivity contribution is 6.41. The molecule has 0 fully saturated rings. The van der Waals surface area contributed by atoms with Crippen molar-refractivity contribution in [3.63, 3.8) is 0 Å². The van der Waals surface area contributed by atoms with Crippen molar-refractivity contribution in [3.05, 3.63) is 58.9 Å². The maximum absolute atomic E-state index is 12.1. The van der Waals surface area contributed by atoms with Gasteiger partial charge >= 0.3 is 0 Å². The second kappa shape index (κ2) is 4.22. The number of furan rings is 1. The van der Waals surface area contributed by atoms with Crippen LogP contribution in [0, 0.1) is 0 Å². The Labute approximate surface area is 108 Å². The first kappa shape index (κ1) is 11.4. The minimum absolute atomic E-state index is 0.0695. The molecule has 0 spiro atoms. The molecule has 0 bridgehead atoms. The van der Waals surface area contributed by atoms with E-state index < -0.39 is 0 Å². The van der Waals surface area contributed by atoms with E-state index in [9.17, 15) is 9.59 Å². The van der Waals surface area contributed by atoms with Crippen LogP contribution in [0.3, 0.4) is 0 Å². The Hall–Kier alpha value is -2.66. The zero-order valence-electron chi connectivity index (χ0n) is 9.71. The van der Waals surface area contributed by atoms with Crippen molar-refractivity contribution in [1.29, 1.82) is 0 Å². The van der Waals surface area contributed by atoms with Crippen LogP contribution in [0.2, 0.25) is 0 Å². The summed E-state index contributed by atoms with van der Waals surface area (Å²) in [6.45, 7) is 0. The minimum Gasteiger partial charge on any atom is -0.439 e. The van der Waals surface area contributed by atoms with E-state index in [-0.39, 0.29) is 23.0 Å². The van der Waals surface area contributed by atoms with Crippen LogP contribution in [0.1, 0.15) is 26.5 Å². The van der Waals surface area contributed by atoms with Crippen LogP contribution in [0.5, 0.6) is 0 Å². The first-order chi connectivity index (χ1) is 9.20. The quantitative estimate of drug-likeness (QED) is 0.489. The van der Waals surface area contributed by atoms with Crippen LogP contribution in [-0.4, -0.2) is 16.8 Å². The van der Waals surface area contributed by atoms with Gasteiger partial charge < -0.3 is 4.42 Å². The van der Waals surface area contributed by atoms with E-state index in [4.69, 9.17) is 9.62 Å². The van der Waals surface area contributed by atoms with Gasteiger partial charge in [-0.1, -0.05) is 24.3 Å². The van der Waals surface area contributed by atoms with Crippen LogP contribution in [0.25, 0.3) is 6.08 Å². The SMILES string of the molecule is O=C1C(=Cc2ccc(NO)o2)C(=O)c2ccccc21. The molecule has 1 heterocycles. The molecule has 94 valence electrons. The lowest BCUT2D eigenvalue weighted by molar-refractivity contribution is 0.0990. The highest BCUT2D eigenvalue weighted by Crippen LogP contribution is 2.28. The second-order valence-electron chi connectivity index (χ2n) is 4.08. The molecule has 1 aliphatic rings. The molecule has 0 amide bonds. The number of fused-ring (bicyclic) bond motifs is 1. The molecular formula is C14H9NO4. The highest BCUT2D eigenvalue weighted by Gasteiger charge is 2.32. The number of anilines is 1. The van der Waals surface area contributed by atoms with Crippen molar-refractivity contribution in [2.75, 3.05) is 5.48 Å². The Morgan fingerprint density at radius 1 is 1.00 bits per heavy atom. The number of hydrogen-bond donors (Lipinski definition) is 2. The topological polar surface area (TPSA) is 79.5 Å². The molecule has 5 heteroatoms. The summed E-state index contributed by atoms with van der Waals surface area (Å²) in [5, 5.41) is 8.66. The number of Topliss-reactive ketones (excluding diaryl/α,β-unsaturated/α-hetero) is 2. The van der Waals surface area contributed by atoms with Gasteiger partial charge in [0.1, 0.15) is 5.76 Å². The van der Waals surface area contributed by atoms with Gasteiger partial charge in [-0.05, 0) is 12.1 Å². The summed E-state index contributed by atoms with van der Waals surface area (Å²) < 4.78 is 5.15. The third-order valence-corrected chi connectivity index (χ3v) is 2.93. The summed E-state index contributed by atoms with van der Waals surface area (Å²) in [5.74, 6) is -0.158. The molecule has 2 N–H and O–H groups in total. The van der Waals surface area contributed by atoms with Gasteiger partial charge in [-0.15, -0.1) is 0 Å². The minimum atomic E-state index is -0.310. The number of allylic oxidation sites excluding steroid dienone is 1. The predicted molar refractivity (Wildman–Crippen MR) is 67.2 cm³/mol. The van der Waals surface area contributed by atoms with Crippen molar-refractivity contribution < 1.29 is 19.2 Å². The van der Waals surface area contributed by atoms with E-state index in [1.54, 1.807) is 30.3 Å². The summed E-state index contributed by atoms with van der Waals surface area (Å²) in [6, 6.07) is 9.72. The Balaban J connectivity index is 2.04. The summed E-state index contributed by atoms with van der Waals surface area (Å²) in [7, 11) is 0. The fourth-order valence-electron chi connectivity index (χ4n) is 2.04. The van der Waals surface area contributed by atoms with Crippen LogP contribution in [-0.2, 0) is 0 Å². The van der Waals surface area contributed by atoms with E-state index >= 15 is 0 Å². The first-order valence-electron chi connectivity index (χ1n) is 5.61. The molecule has 3 rings (SSSR count). The lowest BCUT2D eigenvalue weighted by atomic mass is 10.1. The number of ketones is 2. The summed E-state index contributed by atoms with van der Waals surface area (Å²) >= 11 is 0. The maximum atomic E-state index is 12.1. The number of rotatable bonds is 2. The normalized spacial score (nSPS) is 13.6. The van der Waals surface area contributed by atoms with Crippen molar-refractivity contribution >= 4 is 23.5 Å². The largest absolute Gasteiger partial charge is 0.439 e. The fourth-order valence-corrected chi connectivity index (χ4v) is 2.04. The van der Waals surface area contributed by atoms with Gasteiger partial charge in [0.2, 0.25) is 5.88 Å². The molecule has 0 radical (unpaired) electrons. The zero-order chi connectivity index (χ0) is 13.4. The molecule has 19 heavy (non-hydrogen) atoms. The number of carbonyl (C=O) groups excluding carboxylic acids is 2. The van der Waals surface area contributed by atoms with Gasteiger partial charge in [-0.25, -0.2) is 5.48 Å². The van der Waals surface area contributed by atoms with E-state index in [0.717, 1.165) is 0 Å². The van der Waals surface area contributed by atoms with E-state index in [1.807, 2.05) is 5.48 Å². The van der Waals surface area contributed by atoms with Gasteiger partial charge in [-0.3, -0.25) is 14.8 Å². The van der Waals surface area contributed by atoms with Gasteiger partial charge in [0, 0.05) is 17.2 Å². The summed E-state index contributed by atoms with van der Waals surface area (Å²) in [4.78, 5) is 24.2. The zero-order valence-corrected chi connectivity index (χ0v) is 9.71. The molecule has 1 aliphatic carbocycles. The van der Waals surface area contributed by atoms with Crippen LogP contribution in [0.4, 0.5) is 5.88 Å². The van der Waals surface area contributed by atoms with Crippen molar-refractivity contribution in [3.8, 4) is 0 Å². The standard InChI is InChI=1S/C14H9NO4/c16-13-9-3-1-2-4-10(9)14(17)11(13)7-8-5-6-12(15-18)19-8/h1-7,15,18H. The van der Waals surface area contributed by atoms with Crippen LogP contribution >= 0.6 is 0 Å². The number of hydrogen-bond acceptors (Lipinski definition) is 5. The molecule has 2 aromatic rings. The number of nitrogens with one attached hydrogen (secondary N) is 1. The average molecular weight is 255 g/mol. The molecule has 5 nitrogen and oxygen atoms in total. The third-order valence-electron chi connectivity index (χ3n) is 2.93. The van der Waals surface area contributed by atoms with Crippen molar-refractivity contribution in [1.82, 2.24) is 0 Å². The molecule has 0 unspecified atom stereocenters. The molecule has 0 atom stereocenters. The van der Waals surface area contributed by atoms with E-state index in [1.165, 1.54) is 12.1 Å². The number of benzene rings is 1. The lowest BCUT2D eigenvalue weighted by Gasteiger charge is -1.92. The predicted octanol–water partition coefficient (Wildman–Crippen LogP) is 2.54. The Kier molecular flexibility index (Phi) is 2.54. The van der Waals surface area contributed by atoms with Crippen LogP contribution < -0.4 is 5.48 Å². The van der Waals surface area contributed by atoms with E-state index in [2.05, 4.69) is 0 Å². The highest BCUT2D eigenvalue weighted by atomic mass is 16.5. The lowest BCUT2D eigenvalue weighted by Crippen LogP contribution is -1.99. The van der Waals surface area contributed by atoms with Gasteiger partial charge in [0.25, 0.3) is 0 Å². The summed E-state index contributed by atoms with van der Waals surface area (Å²) in [6.07, 6.45) is 1.38. The smallest absolute Gasteiger partial charge is 0.216 e. The van der Waals surface area contributed by atoms with Gasteiger partial charge in [0.15, 0.2) is 11.6 Å². The van der Waals surface area contributed by atoms with Crippen LogP contribution in [0.15, 0.2) is 46.4 Å². The molecule has 0 saturated carbocycles. The first-order valence-corrected chi connectivity index (χ1v) is 5.61. The molecule has 1 aromatic carbocycles. The van der Waals surface area contributed by atoms with E-state index in [0.29, 0.717) is 16.9 Å². The van der Waals surface area contributed by atoms with Gasteiger partial charge in [0.05, 0.1) is 5.57 Å². The van der Waals surface area contributed by atoms with Gasteiger partial charge in [-0.2, -0.15) is 0 Å². The second-order valence-corrected chi connectivity index (χ2v) is 4.08. The maximum Gasteiger partial charge on any atom is 0.216 e.